The second kappa shape index (κ2) is 9.07. The molecule has 0 fully saturated rings. The summed E-state index contributed by atoms with van der Waals surface area (Å²) in [4.78, 5) is 0.215. The summed E-state index contributed by atoms with van der Waals surface area (Å²) in [7, 11) is -3.76. The Labute approximate surface area is 187 Å². The molecule has 0 aliphatic carbocycles. The lowest BCUT2D eigenvalue weighted by atomic mass is 10.1. The molecule has 4 aromatic rings. The average molecular weight is 446 g/mol. The van der Waals surface area contributed by atoms with Gasteiger partial charge in [-0.05, 0) is 30.7 Å². The number of guanidine groups is 1. The van der Waals surface area contributed by atoms with E-state index in [1.54, 1.807) is 55.6 Å². The van der Waals surface area contributed by atoms with Crippen LogP contribution < -0.4 is 10.7 Å². The Bertz CT molecular complexity index is 1380. The van der Waals surface area contributed by atoms with E-state index in [1.165, 1.54) is 3.97 Å². The normalized spacial score (nSPS) is 12.0. The molecule has 1 aromatic heterocycles. The van der Waals surface area contributed by atoms with Gasteiger partial charge in [0.25, 0.3) is 10.0 Å². The molecule has 0 amide bonds. The van der Waals surface area contributed by atoms with Crippen LogP contribution in [0.15, 0.2) is 101 Å². The van der Waals surface area contributed by atoms with E-state index in [-0.39, 0.29) is 10.9 Å². The monoisotopic (exact) mass is 445 g/mol. The third kappa shape index (κ3) is 4.40. The zero-order valence-corrected chi connectivity index (χ0v) is 18.3. The number of para-hydroxylation sites is 1. The maximum Gasteiger partial charge on any atom is 0.268 e. The van der Waals surface area contributed by atoms with Crippen LogP contribution in [0.25, 0.3) is 10.9 Å². The molecule has 1 heterocycles. The van der Waals surface area contributed by atoms with Gasteiger partial charge in [-0.15, -0.1) is 0 Å². The first-order valence-corrected chi connectivity index (χ1v) is 11.5. The second-order valence-electron chi connectivity index (χ2n) is 7.20. The molecule has 0 saturated carbocycles. The SMILES string of the molecule is CC(=NNC(=N)NCc1ccccc1)c1cn(S(=O)(=O)c2ccccc2)c2ccccc12. The highest BCUT2D eigenvalue weighted by molar-refractivity contribution is 7.90. The first-order valence-electron chi connectivity index (χ1n) is 10.0. The van der Waals surface area contributed by atoms with E-state index in [4.69, 9.17) is 5.41 Å². The van der Waals surface area contributed by atoms with E-state index in [9.17, 15) is 8.42 Å². The summed E-state index contributed by atoms with van der Waals surface area (Å²) in [5.74, 6) is 0.0499. The third-order valence-electron chi connectivity index (χ3n) is 5.02. The van der Waals surface area contributed by atoms with Crippen LogP contribution >= 0.6 is 0 Å². The lowest BCUT2D eigenvalue weighted by Crippen LogP contribution is -2.33. The number of nitrogens with one attached hydrogen (secondary N) is 3. The molecule has 32 heavy (non-hydrogen) atoms. The van der Waals surface area contributed by atoms with Gasteiger partial charge in [-0.25, -0.2) is 17.8 Å². The van der Waals surface area contributed by atoms with Crippen LogP contribution in [-0.2, 0) is 16.6 Å². The van der Waals surface area contributed by atoms with Crippen LogP contribution in [0.4, 0.5) is 0 Å². The van der Waals surface area contributed by atoms with Gasteiger partial charge in [-0.3, -0.25) is 5.41 Å². The topological polar surface area (TPSA) is 99.3 Å². The largest absolute Gasteiger partial charge is 0.351 e. The van der Waals surface area contributed by atoms with Gasteiger partial charge in [0.05, 0.1) is 16.1 Å². The van der Waals surface area contributed by atoms with Gasteiger partial charge < -0.3 is 5.32 Å². The van der Waals surface area contributed by atoms with Crippen LogP contribution in [0.5, 0.6) is 0 Å². The van der Waals surface area contributed by atoms with Crippen LogP contribution in [0, 0.1) is 5.41 Å². The summed E-state index contributed by atoms with van der Waals surface area (Å²) >= 11 is 0. The molecule has 0 aliphatic rings. The molecule has 8 heteroatoms. The standard InChI is InChI=1S/C24H23N5O2S/c1-18(27-28-24(25)26-16-19-10-4-2-5-11-19)22-17-29(23-15-9-8-14-21(22)23)32(30,31)20-12-6-3-7-13-20/h2-15,17H,16H2,1H3,(H3,25,26,28). The minimum absolute atomic E-state index is 0.0499. The number of fused-ring (bicyclic) bond motifs is 1. The average Bonchev–Trinajstić information content (AvgIpc) is 3.23. The Morgan fingerprint density at radius 2 is 1.56 bits per heavy atom. The first kappa shape index (κ1) is 21.3. The summed E-state index contributed by atoms with van der Waals surface area (Å²) in [5.41, 5.74) is 5.55. The molecule has 0 aliphatic heterocycles. The number of rotatable bonds is 6. The molecule has 3 aromatic carbocycles. The fraction of sp³-hybridized carbons (Fsp3) is 0.0833. The Morgan fingerprint density at radius 1 is 0.938 bits per heavy atom. The Morgan fingerprint density at radius 3 is 2.28 bits per heavy atom. The Kier molecular flexibility index (Phi) is 6.04. The smallest absolute Gasteiger partial charge is 0.268 e. The summed E-state index contributed by atoms with van der Waals surface area (Å²) in [6.45, 7) is 2.27. The Balaban J connectivity index is 1.60. The quantitative estimate of drug-likeness (QED) is 0.238. The van der Waals surface area contributed by atoms with Crippen molar-refractivity contribution >= 4 is 32.6 Å². The number of nitrogens with zero attached hydrogens (tertiary/aromatic N) is 2. The molecule has 0 unspecified atom stereocenters. The zero-order chi connectivity index (χ0) is 22.6. The van der Waals surface area contributed by atoms with Gasteiger partial charge >= 0.3 is 0 Å². The molecule has 0 radical (unpaired) electrons. The fourth-order valence-corrected chi connectivity index (χ4v) is 4.76. The van der Waals surface area contributed by atoms with Crippen LogP contribution in [0.3, 0.4) is 0 Å². The summed E-state index contributed by atoms with van der Waals surface area (Å²) in [6.07, 6.45) is 1.58. The number of hydrogen-bond acceptors (Lipinski definition) is 4. The number of hydrazone groups is 1. The number of hydrogen-bond donors (Lipinski definition) is 3. The molecular formula is C24H23N5O2S. The predicted octanol–water partition coefficient (Wildman–Crippen LogP) is 3.92. The van der Waals surface area contributed by atoms with Crippen molar-refractivity contribution in [1.29, 1.82) is 5.41 Å². The van der Waals surface area contributed by atoms with Crippen molar-refractivity contribution in [3.05, 3.63) is 102 Å². The first-order chi connectivity index (χ1) is 15.5. The van der Waals surface area contributed by atoms with Crippen LogP contribution in [0.2, 0.25) is 0 Å². The molecule has 4 rings (SSSR count). The van der Waals surface area contributed by atoms with Crippen molar-refractivity contribution in [1.82, 2.24) is 14.7 Å². The molecular weight excluding hydrogens is 422 g/mol. The maximum absolute atomic E-state index is 13.2. The minimum atomic E-state index is -3.76. The van der Waals surface area contributed by atoms with E-state index in [0.717, 1.165) is 10.9 Å². The maximum atomic E-state index is 13.2. The molecule has 0 bridgehead atoms. The second-order valence-corrected chi connectivity index (χ2v) is 9.01. The van der Waals surface area contributed by atoms with Crippen molar-refractivity contribution in [2.24, 2.45) is 5.10 Å². The van der Waals surface area contributed by atoms with Crippen LogP contribution in [-0.4, -0.2) is 24.1 Å². The Hall–Kier alpha value is -3.91. The van der Waals surface area contributed by atoms with Gasteiger partial charge in [0.15, 0.2) is 0 Å². The van der Waals surface area contributed by atoms with Gasteiger partial charge in [0, 0.05) is 23.7 Å². The van der Waals surface area contributed by atoms with E-state index < -0.39 is 10.0 Å². The fourth-order valence-electron chi connectivity index (χ4n) is 3.37. The van der Waals surface area contributed by atoms with Gasteiger partial charge in [0.2, 0.25) is 5.96 Å². The lowest BCUT2D eigenvalue weighted by Gasteiger charge is -2.08. The third-order valence-corrected chi connectivity index (χ3v) is 6.70. The van der Waals surface area contributed by atoms with Crippen molar-refractivity contribution < 1.29 is 8.42 Å². The summed E-state index contributed by atoms with van der Waals surface area (Å²) in [6, 6.07) is 25.4. The molecule has 3 N–H and O–H groups in total. The van der Waals surface area contributed by atoms with Crippen molar-refractivity contribution in [3.8, 4) is 0 Å². The minimum Gasteiger partial charge on any atom is -0.351 e. The van der Waals surface area contributed by atoms with E-state index in [1.807, 2.05) is 42.5 Å². The highest BCUT2D eigenvalue weighted by Gasteiger charge is 2.21. The van der Waals surface area contributed by atoms with Gasteiger partial charge in [0.1, 0.15) is 0 Å². The van der Waals surface area contributed by atoms with Crippen molar-refractivity contribution in [3.63, 3.8) is 0 Å². The molecule has 0 saturated heterocycles. The van der Waals surface area contributed by atoms with Crippen LogP contribution in [0.1, 0.15) is 18.1 Å². The van der Waals surface area contributed by atoms with Crippen molar-refractivity contribution in [2.75, 3.05) is 0 Å². The van der Waals surface area contributed by atoms with E-state index >= 15 is 0 Å². The number of benzene rings is 3. The number of aromatic nitrogens is 1. The van der Waals surface area contributed by atoms with E-state index in [0.29, 0.717) is 23.3 Å². The summed E-state index contributed by atoms with van der Waals surface area (Å²) < 4.78 is 27.7. The zero-order valence-electron chi connectivity index (χ0n) is 17.5. The highest BCUT2D eigenvalue weighted by atomic mass is 32.2. The molecule has 0 spiro atoms. The molecule has 162 valence electrons. The van der Waals surface area contributed by atoms with E-state index in [2.05, 4.69) is 15.8 Å². The van der Waals surface area contributed by atoms with Crippen molar-refractivity contribution in [2.45, 2.75) is 18.4 Å². The predicted molar refractivity (Wildman–Crippen MR) is 127 cm³/mol. The molecule has 7 nitrogen and oxygen atoms in total. The van der Waals surface area contributed by atoms with Gasteiger partial charge in [-0.1, -0.05) is 66.7 Å². The highest BCUT2D eigenvalue weighted by Crippen LogP contribution is 2.26. The summed E-state index contributed by atoms with van der Waals surface area (Å²) in [5, 5.41) is 16.1. The molecule has 0 atom stereocenters. The van der Waals surface area contributed by atoms with Gasteiger partial charge in [-0.2, -0.15) is 5.10 Å². The lowest BCUT2D eigenvalue weighted by molar-refractivity contribution is 0.589.